The van der Waals surface area contributed by atoms with Crippen LogP contribution >= 0.6 is 0 Å². The van der Waals surface area contributed by atoms with E-state index >= 15 is 0 Å². The van der Waals surface area contributed by atoms with Crippen molar-refractivity contribution < 1.29 is 9.85 Å². The van der Waals surface area contributed by atoms with Crippen LogP contribution in [0.15, 0.2) is 48.5 Å². The molecule has 8 heteroatoms. The quantitative estimate of drug-likeness (QED) is 0.618. The first-order valence-corrected chi connectivity index (χ1v) is 7.28. The maximum atomic E-state index is 11.2. The van der Waals surface area contributed by atoms with Crippen LogP contribution in [-0.4, -0.2) is 35.4 Å². The van der Waals surface area contributed by atoms with Gasteiger partial charge in [-0.05, 0) is 25.7 Å². The zero-order valence-corrected chi connectivity index (χ0v) is 13.4. The number of anilines is 1. The Morgan fingerprint density at radius 3 is 2.25 bits per heavy atom. The van der Waals surface area contributed by atoms with Gasteiger partial charge in [-0.1, -0.05) is 30.3 Å². The highest BCUT2D eigenvalue weighted by atomic mass is 16.6. The SMILES string of the molecule is CN(C)C(CNc1ccc([N+](=O)[O-])cc1[N+](=O)[O-])c1ccccc1. The Morgan fingerprint density at radius 1 is 1.04 bits per heavy atom. The van der Waals surface area contributed by atoms with Crippen molar-refractivity contribution in [3.8, 4) is 0 Å². The number of non-ortho nitro benzene ring substituents is 1. The van der Waals surface area contributed by atoms with Crippen LogP contribution in [0.5, 0.6) is 0 Å². The lowest BCUT2D eigenvalue weighted by Crippen LogP contribution is -2.27. The molecule has 8 nitrogen and oxygen atoms in total. The molecule has 1 N–H and O–H groups in total. The largest absolute Gasteiger partial charge is 0.378 e. The van der Waals surface area contributed by atoms with Crippen LogP contribution in [0.2, 0.25) is 0 Å². The summed E-state index contributed by atoms with van der Waals surface area (Å²) in [5.74, 6) is 0. The van der Waals surface area contributed by atoms with E-state index in [4.69, 9.17) is 0 Å². The van der Waals surface area contributed by atoms with E-state index in [1.807, 2.05) is 49.3 Å². The van der Waals surface area contributed by atoms with Crippen molar-refractivity contribution in [2.75, 3.05) is 26.0 Å². The van der Waals surface area contributed by atoms with Crippen molar-refractivity contribution >= 4 is 17.1 Å². The summed E-state index contributed by atoms with van der Waals surface area (Å²) in [5, 5.41) is 25.0. The Hall–Kier alpha value is -3.00. The van der Waals surface area contributed by atoms with Crippen molar-refractivity contribution in [1.29, 1.82) is 0 Å². The summed E-state index contributed by atoms with van der Waals surface area (Å²) < 4.78 is 0. The fourth-order valence-corrected chi connectivity index (χ4v) is 2.41. The fourth-order valence-electron chi connectivity index (χ4n) is 2.41. The fraction of sp³-hybridized carbons (Fsp3) is 0.250. The van der Waals surface area contributed by atoms with Crippen molar-refractivity contribution in [2.24, 2.45) is 0 Å². The number of hydrogen-bond donors (Lipinski definition) is 1. The van der Waals surface area contributed by atoms with Crippen LogP contribution in [0, 0.1) is 20.2 Å². The molecule has 0 aromatic heterocycles. The topological polar surface area (TPSA) is 102 Å². The molecule has 1 atom stereocenters. The van der Waals surface area contributed by atoms with Crippen LogP contribution < -0.4 is 5.32 Å². The normalized spacial score (nSPS) is 12.0. The molecule has 126 valence electrons. The molecule has 24 heavy (non-hydrogen) atoms. The molecule has 1 unspecified atom stereocenters. The lowest BCUT2D eigenvalue weighted by Gasteiger charge is -2.25. The van der Waals surface area contributed by atoms with E-state index in [-0.39, 0.29) is 23.1 Å². The number of nitrogens with one attached hydrogen (secondary N) is 1. The van der Waals surface area contributed by atoms with Crippen molar-refractivity contribution in [3.05, 3.63) is 74.3 Å². The maximum absolute atomic E-state index is 11.2. The maximum Gasteiger partial charge on any atom is 0.299 e. The summed E-state index contributed by atoms with van der Waals surface area (Å²) >= 11 is 0. The van der Waals surface area contributed by atoms with Gasteiger partial charge < -0.3 is 10.2 Å². The molecule has 0 radical (unpaired) electrons. The van der Waals surface area contributed by atoms with Gasteiger partial charge in [0.25, 0.3) is 11.4 Å². The van der Waals surface area contributed by atoms with Crippen molar-refractivity contribution in [2.45, 2.75) is 6.04 Å². The molecule has 0 spiro atoms. The number of nitro benzene ring substituents is 2. The van der Waals surface area contributed by atoms with Gasteiger partial charge in [0, 0.05) is 12.6 Å². The molecule has 0 aliphatic carbocycles. The summed E-state index contributed by atoms with van der Waals surface area (Å²) in [6.45, 7) is 0.426. The molecular weight excluding hydrogens is 312 g/mol. The molecule has 0 aliphatic rings. The van der Waals surface area contributed by atoms with Crippen LogP contribution in [0.4, 0.5) is 17.1 Å². The van der Waals surface area contributed by atoms with Gasteiger partial charge >= 0.3 is 0 Å². The molecule has 0 heterocycles. The van der Waals surface area contributed by atoms with E-state index in [1.165, 1.54) is 12.1 Å². The predicted molar refractivity (Wildman–Crippen MR) is 91.1 cm³/mol. The molecule has 0 saturated carbocycles. The summed E-state index contributed by atoms with van der Waals surface area (Å²) in [7, 11) is 3.84. The van der Waals surface area contributed by atoms with Crippen molar-refractivity contribution in [1.82, 2.24) is 4.90 Å². The second kappa shape index (κ2) is 7.51. The molecule has 0 saturated heterocycles. The first-order chi connectivity index (χ1) is 11.4. The van der Waals surface area contributed by atoms with E-state index in [0.29, 0.717) is 6.54 Å². The summed E-state index contributed by atoms with van der Waals surface area (Å²) in [4.78, 5) is 22.7. The predicted octanol–water partition coefficient (Wildman–Crippen LogP) is 3.22. The first kappa shape index (κ1) is 17.4. The van der Waals surface area contributed by atoms with E-state index in [9.17, 15) is 20.2 Å². The van der Waals surface area contributed by atoms with Crippen LogP contribution in [0.3, 0.4) is 0 Å². The molecule has 0 amide bonds. The molecule has 2 aromatic carbocycles. The number of likely N-dealkylation sites (N-methyl/N-ethyl adjacent to an activating group) is 1. The van der Waals surface area contributed by atoms with Gasteiger partial charge in [0.1, 0.15) is 5.69 Å². The van der Waals surface area contributed by atoms with Gasteiger partial charge in [0.15, 0.2) is 0 Å². The number of benzene rings is 2. The molecule has 0 bridgehead atoms. The van der Waals surface area contributed by atoms with Gasteiger partial charge in [0.05, 0.1) is 22.0 Å². The Morgan fingerprint density at radius 2 is 1.71 bits per heavy atom. The number of nitrogens with zero attached hydrogens (tertiary/aromatic N) is 3. The highest BCUT2D eigenvalue weighted by molar-refractivity contribution is 5.65. The number of nitro groups is 2. The van der Waals surface area contributed by atoms with E-state index < -0.39 is 9.85 Å². The minimum absolute atomic E-state index is 0.000922. The molecule has 2 aromatic rings. The van der Waals surface area contributed by atoms with Crippen LogP contribution in [0.25, 0.3) is 0 Å². The minimum Gasteiger partial charge on any atom is -0.378 e. The van der Waals surface area contributed by atoms with Gasteiger partial charge in [-0.3, -0.25) is 20.2 Å². The third kappa shape index (κ3) is 4.05. The van der Waals surface area contributed by atoms with Crippen LogP contribution in [-0.2, 0) is 0 Å². The highest BCUT2D eigenvalue weighted by Crippen LogP contribution is 2.30. The molecular formula is C16H18N4O4. The van der Waals surface area contributed by atoms with Crippen molar-refractivity contribution in [3.63, 3.8) is 0 Å². The monoisotopic (exact) mass is 330 g/mol. The average Bonchev–Trinajstić information content (AvgIpc) is 2.55. The van der Waals surface area contributed by atoms with Gasteiger partial charge in [0.2, 0.25) is 0 Å². The van der Waals surface area contributed by atoms with Gasteiger partial charge in [-0.25, -0.2) is 0 Å². The molecule has 0 fully saturated rings. The first-order valence-electron chi connectivity index (χ1n) is 7.28. The summed E-state index contributed by atoms with van der Waals surface area (Å²) in [6.07, 6.45) is 0. The van der Waals surface area contributed by atoms with E-state index in [1.54, 1.807) is 0 Å². The second-order valence-corrected chi connectivity index (χ2v) is 5.49. The van der Waals surface area contributed by atoms with Gasteiger partial charge in [-0.15, -0.1) is 0 Å². The zero-order chi connectivity index (χ0) is 17.7. The number of hydrogen-bond acceptors (Lipinski definition) is 6. The smallest absolute Gasteiger partial charge is 0.299 e. The Balaban J connectivity index is 2.23. The molecule has 0 aliphatic heterocycles. The average molecular weight is 330 g/mol. The Kier molecular flexibility index (Phi) is 5.43. The lowest BCUT2D eigenvalue weighted by molar-refractivity contribution is -0.393. The van der Waals surface area contributed by atoms with Gasteiger partial charge in [-0.2, -0.15) is 0 Å². The Bertz CT molecular complexity index is 734. The lowest BCUT2D eigenvalue weighted by atomic mass is 10.1. The number of rotatable bonds is 7. The summed E-state index contributed by atoms with van der Waals surface area (Å²) in [5.41, 5.74) is 0.710. The second-order valence-electron chi connectivity index (χ2n) is 5.49. The highest BCUT2D eigenvalue weighted by Gasteiger charge is 2.21. The third-order valence-electron chi connectivity index (χ3n) is 3.68. The van der Waals surface area contributed by atoms with E-state index in [2.05, 4.69) is 5.32 Å². The van der Waals surface area contributed by atoms with Crippen LogP contribution in [0.1, 0.15) is 11.6 Å². The van der Waals surface area contributed by atoms with E-state index in [0.717, 1.165) is 11.6 Å². The minimum atomic E-state index is -0.649. The Labute approximate surface area is 139 Å². The standard InChI is InChI=1S/C16H18N4O4/c1-18(2)16(12-6-4-3-5-7-12)11-17-14-9-8-13(19(21)22)10-15(14)20(23)24/h3-10,16-17H,11H2,1-2H3. The summed E-state index contributed by atoms with van der Waals surface area (Å²) in [6, 6.07) is 13.3. The zero-order valence-electron chi connectivity index (χ0n) is 13.4. The third-order valence-corrected chi connectivity index (χ3v) is 3.68. The molecule has 2 rings (SSSR count).